The lowest BCUT2D eigenvalue weighted by Gasteiger charge is -2.16. The fourth-order valence-electron chi connectivity index (χ4n) is 3.58. The van der Waals surface area contributed by atoms with Crippen molar-refractivity contribution in [2.45, 2.75) is 87.1 Å². The highest BCUT2D eigenvalue weighted by Crippen LogP contribution is 2.30. The second kappa shape index (κ2) is 17.2. The van der Waals surface area contributed by atoms with Crippen molar-refractivity contribution in [1.82, 2.24) is 15.0 Å². The van der Waals surface area contributed by atoms with Gasteiger partial charge in [-0.2, -0.15) is 0 Å². The number of ether oxygens (including phenoxy) is 1. The molecule has 7 nitrogen and oxygen atoms in total. The zero-order valence-electron chi connectivity index (χ0n) is 26.3. The van der Waals surface area contributed by atoms with Gasteiger partial charge in [0, 0.05) is 17.4 Å². The minimum absolute atomic E-state index is 0.0432. The monoisotopic (exact) mass is 559 g/mol. The Morgan fingerprint density at radius 3 is 2.37 bits per heavy atom. The van der Waals surface area contributed by atoms with Crippen molar-refractivity contribution in [3.8, 4) is 5.88 Å². The number of carbonyl (C=O) groups is 1. The molecule has 0 bridgehead atoms. The molecule has 7 heteroatoms. The Hall–Kier alpha value is -3.74. The zero-order valence-corrected chi connectivity index (χ0v) is 26.3. The molecule has 222 valence electrons. The summed E-state index contributed by atoms with van der Waals surface area (Å²) in [5, 5.41) is 7.77. The fourth-order valence-corrected chi connectivity index (χ4v) is 3.58. The molecule has 2 aromatic heterocycles. The minimum atomic E-state index is -0.211. The average Bonchev–Trinajstić information content (AvgIpc) is 3.74. The summed E-state index contributed by atoms with van der Waals surface area (Å²) in [7, 11) is 0. The van der Waals surface area contributed by atoms with Gasteiger partial charge >= 0.3 is 0 Å². The molecular weight excluding hydrogens is 510 g/mol. The van der Waals surface area contributed by atoms with Crippen LogP contribution in [0.2, 0.25) is 0 Å². The molecule has 0 radical (unpaired) electrons. The number of nitrogens with zero attached hydrogens (tertiary/aromatic N) is 3. The topological polar surface area (TPSA) is 89.0 Å². The van der Waals surface area contributed by atoms with Crippen LogP contribution in [0.4, 0.5) is 11.5 Å². The number of aromatic nitrogens is 3. The molecule has 2 heterocycles. The van der Waals surface area contributed by atoms with Crippen LogP contribution in [0.3, 0.4) is 0 Å². The summed E-state index contributed by atoms with van der Waals surface area (Å²) in [5.41, 5.74) is 3.07. The van der Waals surface area contributed by atoms with E-state index in [0.29, 0.717) is 40.8 Å². The number of hydrogen-bond donors (Lipinski definition) is 2. The summed E-state index contributed by atoms with van der Waals surface area (Å²) in [5.74, 6) is 2.53. The Morgan fingerprint density at radius 1 is 1.10 bits per heavy atom. The lowest BCUT2D eigenvalue weighted by molar-refractivity contribution is 0.102. The third-order valence-corrected chi connectivity index (χ3v) is 5.73. The van der Waals surface area contributed by atoms with E-state index in [9.17, 15) is 4.79 Å². The van der Waals surface area contributed by atoms with Crippen LogP contribution >= 0.6 is 0 Å². The maximum atomic E-state index is 12.8. The second-order valence-electron chi connectivity index (χ2n) is 11.2. The largest absolute Gasteiger partial charge is 0.477 e. The number of aryl methyl sites for hydroxylation is 1. The standard InChI is InChI=1S/C27H31N5O2.C4H10.C3H8/c1-5-7-24-19(4)31-25(15-28-24)30-18(3)21-8-6-9-23(13-21)32-26(33)22-12-17(2)27(29-14-22)34-16-20-10-11-20;1-4(2)3;1-3-2/h6-9,12-15,18,20H,4-5,10-11,16H2,1-3H3,(H,30,31)(H,32,33);4H,1-3H3;3H2,1-2H3/b24-7+;;. The summed E-state index contributed by atoms with van der Waals surface area (Å²) in [6.45, 7) is 21.4. The van der Waals surface area contributed by atoms with Crippen molar-refractivity contribution < 1.29 is 9.53 Å². The highest BCUT2D eigenvalue weighted by molar-refractivity contribution is 6.04. The lowest BCUT2D eigenvalue weighted by Crippen LogP contribution is -2.30. The second-order valence-corrected chi connectivity index (χ2v) is 11.2. The van der Waals surface area contributed by atoms with Gasteiger partial charge in [0.05, 0.1) is 35.1 Å². The Kier molecular flexibility index (Phi) is 14.0. The first-order chi connectivity index (χ1) is 19.6. The number of anilines is 2. The van der Waals surface area contributed by atoms with Gasteiger partial charge in [-0.3, -0.25) is 9.78 Å². The first kappa shape index (κ1) is 33.5. The van der Waals surface area contributed by atoms with Crippen molar-refractivity contribution in [3.05, 3.63) is 70.1 Å². The van der Waals surface area contributed by atoms with Crippen LogP contribution < -0.4 is 26.1 Å². The highest BCUT2D eigenvalue weighted by Gasteiger charge is 2.22. The molecule has 4 rings (SSSR count). The Balaban J connectivity index is 0.000000759. The van der Waals surface area contributed by atoms with Gasteiger partial charge in [0.2, 0.25) is 5.88 Å². The lowest BCUT2D eigenvalue weighted by atomic mass is 10.1. The van der Waals surface area contributed by atoms with Gasteiger partial charge in [-0.1, -0.05) is 72.8 Å². The van der Waals surface area contributed by atoms with E-state index in [1.807, 2.05) is 50.3 Å². The molecule has 1 aliphatic carbocycles. The van der Waals surface area contributed by atoms with Gasteiger partial charge in [-0.05, 0) is 68.7 Å². The Labute approximate surface area is 246 Å². The molecule has 2 N–H and O–H groups in total. The molecule has 1 amide bonds. The number of nitrogens with one attached hydrogen (secondary N) is 2. The third-order valence-electron chi connectivity index (χ3n) is 5.73. The Morgan fingerprint density at radius 2 is 1.78 bits per heavy atom. The van der Waals surface area contributed by atoms with E-state index in [1.165, 1.54) is 19.3 Å². The van der Waals surface area contributed by atoms with E-state index >= 15 is 0 Å². The van der Waals surface area contributed by atoms with Gasteiger partial charge in [-0.15, -0.1) is 0 Å². The zero-order chi connectivity index (χ0) is 30.4. The SMILES string of the molecule is C=c1nc(NC(C)c2cccc(NC(=O)c3cnc(OCC4CC4)c(C)c3)c2)cn/c1=C/CC.CC(C)C.CCC. The summed E-state index contributed by atoms with van der Waals surface area (Å²) in [6.07, 6.45) is 9.86. The summed E-state index contributed by atoms with van der Waals surface area (Å²) in [6, 6.07) is 9.50. The van der Waals surface area contributed by atoms with E-state index < -0.39 is 0 Å². The van der Waals surface area contributed by atoms with Gasteiger partial charge in [-0.25, -0.2) is 9.97 Å². The van der Waals surface area contributed by atoms with Gasteiger partial charge in [0.1, 0.15) is 5.82 Å². The molecule has 1 saturated carbocycles. The number of carbonyl (C=O) groups excluding carboxylic acids is 1. The molecule has 1 unspecified atom stereocenters. The van der Waals surface area contributed by atoms with Gasteiger partial charge in [0.25, 0.3) is 5.91 Å². The number of hydrogen-bond acceptors (Lipinski definition) is 6. The smallest absolute Gasteiger partial charge is 0.257 e. The molecular formula is C34H49N5O2. The summed E-state index contributed by atoms with van der Waals surface area (Å²) in [4.78, 5) is 26.1. The fraction of sp³-hybridized carbons (Fsp3) is 0.471. The van der Waals surface area contributed by atoms with Crippen LogP contribution in [0.5, 0.6) is 5.88 Å². The van der Waals surface area contributed by atoms with E-state index in [-0.39, 0.29) is 11.9 Å². The van der Waals surface area contributed by atoms with Crippen molar-refractivity contribution >= 4 is 30.1 Å². The maximum Gasteiger partial charge on any atom is 0.257 e. The number of amides is 1. The predicted molar refractivity (Wildman–Crippen MR) is 172 cm³/mol. The molecule has 1 aliphatic rings. The molecule has 1 aromatic carbocycles. The predicted octanol–water partition coefficient (Wildman–Crippen LogP) is 7.07. The summed E-state index contributed by atoms with van der Waals surface area (Å²) < 4.78 is 5.77. The van der Waals surface area contributed by atoms with Crippen LogP contribution in [-0.2, 0) is 0 Å². The number of pyridine rings is 1. The van der Waals surface area contributed by atoms with Crippen LogP contribution in [0.25, 0.3) is 12.7 Å². The number of rotatable bonds is 9. The van der Waals surface area contributed by atoms with Crippen molar-refractivity contribution in [2.75, 3.05) is 17.2 Å². The summed E-state index contributed by atoms with van der Waals surface area (Å²) >= 11 is 0. The van der Waals surface area contributed by atoms with Crippen LogP contribution in [0.15, 0.2) is 42.7 Å². The molecule has 0 saturated heterocycles. The van der Waals surface area contributed by atoms with Crippen LogP contribution in [0, 0.1) is 18.8 Å². The van der Waals surface area contributed by atoms with E-state index in [2.05, 4.69) is 73.7 Å². The molecule has 1 fully saturated rings. The van der Waals surface area contributed by atoms with E-state index in [0.717, 1.165) is 28.8 Å². The Bertz CT molecular complexity index is 1350. The van der Waals surface area contributed by atoms with Crippen molar-refractivity contribution in [2.24, 2.45) is 11.8 Å². The normalized spacial score (nSPS) is 13.3. The molecule has 41 heavy (non-hydrogen) atoms. The molecule has 1 atom stereocenters. The highest BCUT2D eigenvalue weighted by atomic mass is 16.5. The minimum Gasteiger partial charge on any atom is -0.477 e. The number of benzene rings is 1. The quantitative estimate of drug-likeness (QED) is 0.291. The van der Waals surface area contributed by atoms with Crippen molar-refractivity contribution in [3.63, 3.8) is 0 Å². The van der Waals surface area contributed by atoms with E-state index in [1.54, 1.807) is 12.4 Å². The molecule has 3 aromatic rings. The first-order valence-electron chi connectivity index (χ1n) is 14.9. The van der Waals surface area contributed by atoms with Crippen molar-refractivity contribution in [1.29, 1.82) is 0 Å². The van der Waals surface area contributed by atoms with Gasteiger partial charge in [0.15, 0.2) is 0 Å². The van der Waals surface area contributed by atoms with Crippen LogP contribution in [-0.4, -0.2) is 27.5 Å². The van der Waals surface area contributed by atoms with E-state index in [4.69, 9.17) is 4.74 Å². The molecule has 0 aliphatic heterocycles. The average molecular weight is 560 g/mol. The third kappa shape index (κ3) is 12.1. The first-order valence-corrected chi connectivity index (χ1v) is 14.9. The maximum absolute atomic E-state index is 12.8. The van der Waals surface area contributed by atoms with Gasteiger partial charge < -0.3 is 15.4 Å². The van der Waals surface area contributed by atoms with Crippen LogP contribution in [0.1, 0.15) is 102 Å². The molecule has 0 spiro atoms.